The average molecular weight is 250 g/mol. The maximum absolute atomic E-state index is 12.5. The maximum atomic E-state index is 12.5. The van der Waals surface area contributed by atoms with E-state index in [1.54, 1.807) is 11.3 Å². The van der Waals surface area contributed by atoms with Crippen molar-refractivity contribution < 1.29 is 4.79 Å². The van der Waals surface area contributed by atoms with E-state index < -0.39 is 0 Å². The molecular formula is C13H18N2OS. The number of hydrogen-bond acceptors (Lipinski definition) is 3. The molecular weight excluding hydrogens is 232 g/mol. The Hall–Kier alpha value is -0.870. The van der Waals surface area contributed by atoms with Crippen LogP contribution in [0.4, 0.5) is 0 Å². The Labute approximate surface area is 106 Å². The number of amides is 1. The molecule has 0 radical (unpaired) electrons. The van der Waals surface area contributed by atoms with Crippen molar-refractivity contribution in [1.82, 2.24) is 4.90 Å². The summed E-state index contributed by atoms with van der Waals surface area (Å²) >= 11 is 1.79. The molecule has 0 spiro atoms. The van der Waals surface area contributed by atoms with E-state index in [1.165, 1.54) is 10.4 Å². The molecule has 92 valence electrons. The van der Waals surface area contributed by atoms with Crippen LogP contribution in [0.1, 0.15) is 35.6 Å². The Morgan fingerprint density at radius 1 is 1.47 bits per heavy atom. The zero-order valence-electron chi connectivity index (χ0n) is 9.89. The van der Waals surface area contributed by atoms with E-state index in [9.17, 15) is 4.79 Å². The van der Waals surface area contributed by atoms with Crippen LogP contribution < -0.4 is 5.73 Å². The predicted molar refractivity (Wildman–Crippen MR) is 69.2 cm³/mol. The number of hydrogen-bond donors (Lipinski definition) is 1. The van der Waals surface area contributed by atoms with Crippen LogP contribution in [0.15, 0.2) is 11.4 Å². The van der Waals surface area contributed by atoms with E-state index in [4.69, 9.17) is 5.73 Å². The Bertz CT molecular complexity index is 429. The van der Waals surface area contributed by atoms with Crippen molar-refractivity contribution in [2.45, 2.75) is 37.6 Å². The smallest absolute Gasteiger partial charge is 0.230 e. The summed E-state index contributed by atoms with van der Waals surface area (Å²) in [5.41, 5.74) is 7.16. The fourth-order valence-electron chi connectivity index (χ4n) is 2.95. The second-order valence-electron chi connectivity index (χ2n) is 5.08. The highest BCUT2D eigenvalue weighted by molar-refractivity contribution is 7.10. The second kappa shape index (κ2) is 4.42. The van der Waals surface area contributed by atoms with Gasteiger partial charge >= 0.3 is 0 Å². The van der Waals surface area contributed by atoms with Gasteiger partial charge in [-0.3, -0.25) is 4.79 Å². The third-order valence-corrected chi connectivity index (χ3v) is 4.88. The van der Waals surface area contributed by atoms with E-state index >= 15 is 0 Å². The number of thiophene rings is 1. The molecule has 2 heterocycles. The lowest BCUT2D eigenvalue weighted by Crippen LogP contribution is -2.36. The number of carbonyl (C=O) groups excluding carboxylic acids is 1. The zero-order chi connectivity index (χ0) is 11.8. The molecule has 1 saturated heterocycles. The first-order chi connectivity index (χ1) is 8.25. The Balaban J connectivity index is 1.80. The van der Waals surface area contributed by atoms with Crippen LogP contribution in [0.2, 0.25) is 0 Å². The second-order valence-corrected chi connectivity index (χ2v) is 6.08. The van der Waals surface area contributed by atoms with Crippen molar-refractivity contribution in [2.75, 3.05) is 13.1 Å². The molecule has 0 bridgehead atoms. The number of nitrogens with two attached hydrogens (primary N) is 1. The molecule has 2 atom stereocenters. The summed E-state index contributed by atoms with van der Waals surface area (Å²) in [7, 11) is 0. The van der Waals surface area contributed by atoms with Gasteiger partial charge in [0.25, 0.3) is 0 Å². The first-order valence-corrected chi connectivity index (χ1v) is 7.24. The summed E-state index contributed by atoms with van der Waals surface area (Å²) < 4.78 is 0. The summed E-state index contributed by atoms with van der Waals surface area (Å²) in [5.74, 6) is 0.410. The van der Waals surface area contributed by atoms with Gasteiger partial charge in [-0.2, -0.15) is 0 Å². The number of rotatable bonds is 1. The molecule has 4 heteroatoms. The highest BCUT2D eigenvalue weighted by Gasteiger charge is 2.33. The molecule has 0 saturated carbocycles. The van der Waals surface area contributed by atoms with E-state index in [1.807, 2.05) is 4.90 Å². The molecule has 2 N–H and O–H groups in total. The van der Waals surface area contributed by atoms with Gasteiger partial charge in [0.05, 0.1) is 5.92 Å². The SMILES string of the molecule is NC1CCN(C(=O)C2CCCc3sccc32)C1. The van der Waals surface area contributed by atoms with Gasteiger partial charge in [0.15, 0.2) is 0 Å². The van der Waals surface area contributed by atoms with Crippen LogP contribution >= 0.6 is 11.3 Å². The molecule has 2 aliphatic rings. The van der Waals surface area contributed by atoms with Gasteiger partial charge < -0.3 is 10.6 Å². The van der Waals surface area contributed by atoms with Crippen LogP contribution in [-0.4, -0.2) is 29.9 Å². The molecule has 1 aliphatic carbocycles. The summed E-state index contributed by atoms with van der Waals surface area (Å²) in [6, 6.07) is 2.32. The van der Waals surface area contributed by atoms with Crippen molar-refractivity contribution in [1.29, 1.82) is 0 Å². The molecule has 1 aromatic rings. The highest BCUT2D eigenvalue weighted by atomic mass is 32.1. The van der Waals surface area contributed by atoms with Crippen LogP contribution in [0, 0.1) is 0 Å². The Morgan fingerprint density at radius 2 is 2.35 bits per heavy atom. The van der Waals surface area contributed by atoms with Crippen molar-refractivity contribution in [3.8, 4) is 0 Å². The number of fused-ring (bicyclic) bond motifs is 1. The van der Waals surface area contributed by atoms with Gasteiger partial charge in [-0.25, -0.2) is 0 Å². The summed E-state index contributed by atoms with van der Waals surface area (Å²) in [6.45, 7) is 1.59. The summed E-state index contributed by atoms with van der Waals surface area (Å²) in [5, 5.41) is 2.12. The first-order valence-electron chi connectivity index (χ1n) is 6.36. The summed E-state index contributed by atoms with van der Waals surface area (Å²) in [4.78, 5) is 15.9. The van der Waals surface area contributed by atoms with E-state index in [-0.39, 0.29) is 12.0 Å². The number of carbonyl (C=O) groups is 1. The van der Waals surface area contributed by atoms with Crippen LogP contribution in [0.3, 0.4) is 0 Å². The van der Waals surface area contributed by atoms with Crippen molar-refractivity contribution >= 4 is 17.2 Å². The lowest BCUT2D eigenvalue weighted by Gasteiger charge is -2.26. The molecule has 0 aromatic carbocycles. The van der Waals surface area contributed by atoms with Gasteiger partial charge in [0.1, 0.15) is 0 Å². The van der Waals surface area contributed by atoms with Gasteiger partial charge in [0, 0.05) is 24.0 Å². The minimum atomic E-state index is 0.107. The molecule has 1 amide bonds. The topological polar surface area (TPSA) is 46.3 Å². The highest BCUT2D eigenvalue weighted by Crippen LogP contribution is 2.36. The Kier molecular flexibility index (Phi) is 2.92. The van der Waals surface area contributed by atoms with Gasteiger partial charge in [-0.1, -0.05) is 0 Å². The minimum absolute atomic E-state index is 0.107. The molecule has 1 aliphatic heterocycles. The molecule has 1 fully saturated rings. The normalized spacial score (nSPS) is 28.2. The molecule has 3 nitrogen and oxygen atoms in total. The monoisotopic (exact) mass is 250 g/mol. The van der Waals surface area contributed by atoms with E-state index in [0.717, 1.165) is 38.8 Å². The van der Waals surface area contributed by atoms with Crippen molar-refractivity contribution in [2.24, 2.45) is 5.73 Å². The first kappa shape index (κ1) is 11.2. The molecule has 3 rings (SSSR count). The lowest BCUT2D eigenvalue weighted by molar-refractivity contribution is -0.132. The molecule has 2 unspecified atom stereocenters. The molecule has 1 aromatic heterocycles. The van der Waals surface area contributed by atoms with E-state index in [0.29, 0.717) is 5.91 Å². The quantitative estimate of drug-likeness (QED) is 0.825. The van der Waals surface area contributed by atoms with E-state index in [2.05, 4.69) is 11.4 Å². The average Bonchev–Trinajstić information content (AvgIpc) is 2.95. The van der Waals surface area contributed by atoms with Crippen LogP contribution in [-0.2, 0) is 11.2 Å². The largest absolute Gasteiger partial charge is 0.341 e. The number of nitrogens with zero attached hydrogens (tertiary/aromatic N) is 1. The number of likely N-dealkylation sites (tertiary alicyclic amines) is 1. The van der Waals surface area contributed by atoms with Crippen LogP contribution in [0.5, 0.6) is 0 Å². The van der Waals surface area contributed by atoms with Crippen LogP contribution in [0.25, 0.3) is 0 Å². The van der Waals surface area contributed by atoms with Gasteiger partial charge in [-0.05, 0) is 42.7 Å². The Morgan fingerprint density at radius 3 is 3.12 bits per heavy atom. The number of aryl methyl sites for hydroxylation is 1. The standard InChI is InChI=1S/C13H18N2OS/c14-9-4-6-15(8-9)13(16)11-2-1-3-12-10(11)5-7-17-12/h5,7,9,11H,1-4,6,8,14H2. The summed E-state index contributed by atoms with van der Waals surface area (Å²) in [6.07, 6.45) is 4.25. The van der Waals surface area contributed by atoms with Gasteiger partial charge in [-0.15, -0.1) is 11.3 Å². The predicted octanol–water partition coefficient (Wildman–Crippen LogP) is 1.73. The van der Waals surface area contributed by atoms with Crippen molar-refractivity contribution in [3.05, 3.63) is 21.9 Å². The molecule has 17 heavy (non-hydrogen) atoms. The lowest BCUT2D eigenvalue weighted by atomic mass is 9.87. The maximum Gasteiger partial charge on any atom is 0.230 e. The van der Waals surface area contributed by atoms with Gasteiger partial charge in [0.2, 0.25) is 5.91 Å². The van der Waals surface area contributed by atoms with Crippen molar-refractivity contribution in [3.63, 3.8) is 0 Å². The minimum Gasteiger partial charge on any atom is -0.341 e. The third-order valence-electron chi connectivity index (χ3n) is 3.89. The zero-order valence-corrected chi connectivity index (χ0v) is 10.7. The fraction of sp³-hybridized carbons (Fsp3) is 0.615. The fourth-order valence-corrected chi connectivity index (χ4v) is 3.94. The third kappa shape index (κ3) is 2.00.